The zero-order chi connectivity index (χ0) is 16.2. The number of halogens is 1. The summed E-state index contributed by atoms with van der Waals surface area (Å²) in [5, 5.41) is 4.82. The number of carbonyl (C=O) groups excluding carboxylic acids is 1. The monoisotopic (exact) mass is 388 g/mol. The highest BCUT2D eigenvalue weighted by Gasteiger charge is 2.11. The lowest BCUT2D eigenvalue weighted by Crippen LogP contribution is -2.16. The Kier molecular flexibility index (Phi) is 4.83. The molecule has 0 aliphatic rings. The summed E-state index contributed by atoms with van der Waals surface area (Å²) in [4.78, 5) is 13.2. The molecule has 1 N–H and O–H groups in total. The zero-order valence-corrected chi connectivity index (χ0v) is 14.6. The minimum atomic E-state index is -0.380. The van der Waals surface area contributed by atoms with Gasteiger partial charge in [-0.05, 0) is 48.2 Å². The molecule has 0 saturated carbocycles. The molecule has 1 aromatic heterocycles. The van der Waals surface area contributed by atoms with Gasteiger partial charge >= 0.3 is 5.91 Å². The Bertz CT molecular complexity index is 872. The van der Waals surface area contributed by atoms with Crippen molar-refractivity contribution in [1.82, 2.24) is 5.43 Å². The molecule has 23 heavy (non-hydrogen) atoms. The summed E-state index contributed by atoms with van der Waals surface area (Å²) in [6.07, 6.45) is 3.62. The molecule has 1 heterocycles. The van der Waals surface area contributed by atoms with Crippen LogP contribution in [0.4, 0.5) is 0 Å². The minimum Gasteiger partial charge on any atom is -0.451 e. The van der Waals surface area contributed by atoms with E-state index in [1.54, 1.807) is 24.0 Å². The molecule has 0 saturated heterocycles. The summed E-state index contributed by atoms with van der Waals surface area (Å²) in [5.74, 6) is -0.151. The summed E-state index contributed by atoms with van der Waals surface area (Å²) in [7, 11) is 0. The third kappa shape index (κ3) is 3.83. The standard InChI is InChI=1S/C17H13BrN2O2S/c1-23-14-5-2-11(3-6-14)10-19-20-17(21)16-9-12-8-13(18)4-7-15(12)22-16/h2-10H,1H3,(H,20,21)/b19-10+. The van der Waals surface area contributed by atoms with Gasteiger partial charge in [-0.3, -0.25) is 4.79 Å². The highest BCUT2D eigenvalue weighted by Crippen LogP contribution is 2.23. The van der Waals surface area contributed by atoms with E-state index in [1.807, 2.05) is 48.7 Å². The Balaban J connectivity index is 1.68. The maximum absolute atomic E-state index is 12.1. The molecule has 0 spiro atoms. The van der Waals surface area contributed by atoms with Gasteiger partial charge in [0.25, 0.3) is 0 Å². The van der Waals surface area contributed by atoms with Crippen LogP contribution in [-0.4, -0.2) is 18.4 Å². The predicted molar refractivity (Wildman–Crippen MR) is 97.2 cm³/mol. The molecule has 0 aliphatic carbocycles. The fourth-order valence-electron chi connectivity index (χ4n) is 2.04. The van der Waals surface area contributed by atoms with Crippen molar-refractivity contribution in [2.75, 3.05) is 6.26 Å². The Morgan fingerprint density at radius 3 is 2.74 bits per heavy atom. The highest BCUT2D eigenvalue weighted by molar-refractivity contribution is 9.10. The van der Waals surface area contributed by atoms with E-state index in [0.29, 0.717) is 5.58 Å². The van der Waals surface area contributed by atoms with Crippen molar-refractivity contribution in [3.63, 3.8) is 0 Å². The lowest BCUT2D eigenvalue weighted by molar-refractivity contribution is 0.0929. The fraction of sp³-hybridized carbons (Fsp3) is 0.0588. The van der Waals surface area contributed by atoms with Gasteiger partial charge in [-0.15, -0.1) is 11.8 Å². The zero-order valence-electron chi connectivity index (χ0n) is 12.2. The third-order valence-corrected chi connectivity index (χ3v) is 4.43. The van der Waals surface area contributed by atoms with Crippen LogP contribution in [0.25, 0.3) is 11.0 Å². The van der Waals surface area contributed by atoms with Crippen LogP contribution in [0.5, 0.6) is 0 Å². The van der Waals surface area contributed by atoms with Gasteiger partial charge in [0.15, 0.2) is 5.76 Å². The molecule has 0 radical (unpaired) electrons. The van der Waals surface area contributed by atoms with Crippen LogP contribution in [0.3, 0.4) is 0 Å². The smallest absolute Gasteiger partial charge is 0.307 e. The number of fused-ring (bicyclic) bond motifs is 1. The molecular weight excluding hydrogens is 376 g/mol. The van der Waals surface area contributed by atoms with Crippen molar-refractivity contribution < 1.29 is 9.21 Å². The maximum atomic E-state index is 12.1. The summed E-state index contributed by atoms with van der Waals surface area (Å²) >= 11 is 5.07. The van der Waals surface area contributed by atoms with Crippen LogP contribution in [0, 0.1) is 0 Å². The van der Waals surface area contributed by atoms with Gasteiger partial charge in [0.2, 0.25) is 0 Å². The number of furan rings is 1. The van der Waals surface area contributed by atoms with Crippen molar-refractivity contribution in [3.8, 4) is 0 Å². The lowest BCUT2D eigenvalue weighted by Gasteiger charge is -1.97. The predicted octanol–water partition coefficient (Wildman–Crippen LogP) is 4.68. The molecule has 3 aromatic rings. The minimum absolute atomic E-state index is 0.230. The van der Waals surface area contributed by atoms with Crippen LogP contribution < -0.4 is 5.43 Å². The van der Waals surface area contributed by atoms with Crippen molar-refractivity contribution in [3.05, 3.63) is 64.3 Å². The second-order valence-electron chi connectivity index (χ2n) is 4.77. The molecule has 1 amide bonds. The molecular formula is C17H13BrN2O2S. The van der Waals surface area contributed by atoms with E-state index in [1.165, 1.54) is 4.90 Å². The summed E-state index contributed by atoms with van der Waals surface area (Å²) in [6.45, 7) is 0. The first-order valence-electron chi connectivity index (χ1n) is 6.82. The summed E-state index contributed by atoms with van der Waals surface area (Å²) < 4.78 is 6.44. The second-order valence-corrected chi connectivity index (χ2v) is 6.56. The van der Waals surface area contributed by atoms with Gasteiger partial charge in [0, 0.05) is 14.8 Å². The van der Waals surface area contributed by atoms with E-state index in [4.69, 9.17) is 4.42 Å². The molecule has 3 rings (SSSR count). The van der Waals surface area contributed by atoms with E-state index >= 15 is 0 Å². The maximum Gasteiger partial charge on any atom is 0.307 e. The van der Waals surface area contributed by atoms with E-state index in [0.717, 1.165) is 15.4 Å². The number of benzene rings is 2. The molecule has 6 heteroatoms. The third-order valence-electron chi connectivity index (χ3n) is 3.20. The molecule has 2 aromatic carbocycles. The average Bonchev–Trinajstić information content (AvgIpc) is 2.98. The van der Waals surface area contributed by atoms with Crippen molar-refractivity contribution in [2.24, 2.45) is 5.10 Å². The Morgan fingerprint density at radius 2 is 2.00 bits per heavy atom. The average molecular weight is 389 g/mol. The highest BCUT2D eigenvalue weighted by atomic mass is 79.9. The first-order valence-corrected chi connectivity index (χ1v) is 8.84. The number of hydrazone groups is 1. The first-order chi connectivity index (χ1) is 11.2. The molecule has 0 bridgehead atoms. The first kappa shape index (κ1) is 15.8. The van der Waals surface area contributed by atoms with E-state index < -0.39 is 0 Å². The number of thioether (sulfide) groups is 1. The fourth-order valence-corrected chi connectivity index (χ4v) is 2.82. The van der Waals surface area contributed by atoms with Gasteiger partial charge < -0.3 is 4.42 Å². The largest absolute Gasteiger partial charge is 0.451 e. The van der Waals surface area contributed by atoms with Gasteiger partial charge in [-0.25, -0.2) is 5.43 Å². The number of hydrogen-bond acceptors (Lipinski definition) is 4. The molecule has 0 fully saturated rings. The molecule has 0 atom stereocenters. The summed E-state index contributed by atoms with van der Waals surface area (Å²) in [6, 6.07) is 15.2. The van der Waals surface area contributed by atoms with E-state index in [-0.39, 0.29) is 11.7 Å². The van der Waals surface area contributed by atoms with E-state index in [9.17, 15) is 4.79 Å². The lowest BCUT2D eigenvalue weighted by atomic mass is 10.2. The molecule has 4 nitrogen and oxygen atoms in total. The van der Waals surface area contributed by atoms with Crippen LogP contribution in [-0.2, 0) is 0 Å². The van der Waals surface area contributed by atoms with E-state index in [2.05, 4.69) is 26.5 Å². The van der Waals surface area contributed by atoms with Crippen LogP contribution in [0.2, 0.25) is 0 Å². The number of nitrogens with zero attached hydrogens (tertiary/aromatic N) is 1. The Labute approximate surface area is 146 Å². The van der Waals surface area contributed by atoms with Crippen molar-refractivity contribution in [1.29, 1.82) is 0 Å². The number of nitrogens with one attached hydrogen (secondary N) is 1. The Morgan fingerprint density at radius 1 is 1.22 bits per heavy atom. The molecule has 0 unspecified atom stereocenters. The van der Waals surface area contributed by atoms with Crippen LogP contribution in [0.1, 0.15) is 16.1 Å². The van der Waals surface area contributed by atoms with Crippen molar-refractivity contribution in [2.45, 2.75) is 4.90 Å². The topological polar surface area (TPSA) is 54.6 Å². The van der Waals surface area contributed by atoms with Gasteiger partial charge in [0.1, 0.15) is 5.58 Å². The Hall–Kier alpha value is -2.05. The number of carbonyl (C=O) groups is 1. The molecule has 116 valence electrons. The second kappa shape index (κ2) is 7.02. The van der Waals surface area contributed by atoms with Crippen LogP contribution in [0.15, 0.2) is 67.4 Å². The van der Waals surface area contributed by atoms with Crippen LogP contribution >= 0.6 is 27.7 Å². The van der Waals surface area contributed by atoms with Crippen molar-refractivity contribution >= 4 is 50.8 Å². The van der Waals surface area contributed by atoms with Gasteiger partial charge in [-0.1, -0.05) is 28.1 Å². The number of amides is 1. The quantitative estimate of drug-likeness (QED) is 0.401. The summed E-state index contributed by atoms with van der Waals surface area (Å²) in [5.41, 5.74) is 4.05. The van der Waals surface area contributed by atoms with Gasteiger partial charge in [0.05, 0.1) is 6.21 Å². The number of rotatable bonds is 4. The normalized spacial score (nSPS) is 11.2. The SMILES string of the molecule is CSc1ccc(/C=N/NC(=O)c2cc3cc(Br)ccc3o2)cc1. The molecule has 0 aliphatic heterocycles. The van der Waals surface area contributed by atoms with Gasteiger partial charge in [-0.2, -0.15) is 5.10 Å². The number of hydrogen-bond donors (Lipinski definition) is 1.